The number of benzene rings is 1. The fourth-order valence-electron chi connectivity index (χ4n) is 2.40. The molecule has 0 radical (unpaired) electrons. The Morgan fingerprint density at radius 3 is 2.65 bits per heavy atom. The summed E-state index contributed by atoms with van der Waals surface area (Å²) in [6.07, 6.45) is 2.64. The van der Waals surface area contributed by atoms with Gasteiger partial charge in [0.25, 0.3) is 0 Å². The SMILES string of the molecule is CCc1cc(CC)n(-c2c(Cl)cccc2CC(C)N)n1. The quantitative estimate of drug-likeness (QED) is 0.916. The van der Waals surface area contributed by atoms with Gasteiger partial charge in [-0.1, -0.05) is 37.6 Å². The molecule has 108 valence electrons. The molecule has 0 aliphatic carbocycles. The van der Waals surface area contributed by atoms with Crippen molar-refractivity contribution in [2.75, 3.05) is 0 Å². The van der Waals surface area contributed by atoms with Crippen molar-refractivity contribution in [1.82, 2.24) is 9.78 Å². The largest absolute Gasteiger partial charge is 0.328 e. The minimum atomic E-state index is 0.0958. The van der Waals surface area contributed by atoms with Crippen LogP contribution in [0.15, 0.2) is 24.3 Å². The summed E-state index contributed by atoms with van der Waals surface area (Å²) >= 11 is 6.43. The van der Waals surface area contributed by atoms with Crippen LogP contribution in [0.3, 0.4) is 0 Å². The van der Waals surface area contributed by atoms with Crippen molar-refractivity contribution >= 4 is 11.6 Å². The summed E-state index contributed by atoms with van der Waals surface area (Å²) in [6.45, 7) is 6.25. The van der Waals surface area contributed by atoms with Crippen molar-refractivity contribution in [2.24, 2.45) is 5.73 Å². The van der Waals surface area contributed by atoms with E-state index in [4.69, 9.17) is 17.3 Å². The van der Waals surface area contributed by atoms with E-state index in [2.05, 4.69) is 31.1 Å². The third-order valence-electron chi connectivity index (χ3n) is 3.38. The first kappa shape index (κ1) is 15.1. The second kappa shape index (κ2) is 6.42. The van der Waals surface area contributed by atoms with E-state index in [1.807, 2.05) is 23.7 Å². The van der Waals surface area contributed by atoms with E-state index < -0.39 is 0 Å². The monoisotopic (exact) mass is 291 g/mol. The van der Waals surface area contributed by atoms with Gasteiger partial charge >= 0.3 is 0 Å². The van der Waals surface area contributed by atoms with Crippen molar-refractivity contribution in [2.45, 2.75) is 46.1 Å². The maximum Gasteiger partial charge on any atom is 0.0867 e. The minimum absolute atomic E-state index is 0.0958. The Morgan fingerprint density at radius 1 is 1.30 bits per heavy atom. The Bertz CT molecular complexity index is 587. The van der Waals surface area contributed by atoms with Crippen molar-refractivity contribution in [3.63, 3.8) is 0 Å². The molecule has 1 heterocycles. The molecule has 0 fully saturated rings. The fourth-order valence-corrected chi connectivity index (χ4v) is 2.68. The first-order valence-electron chi connectivity index (χ1n) is 7.17. The Hall–Kier alpha value is -1.32. The van der Waals surface area contributed by atoms with E-state index in [1.165, 1.54) is 5.69 Å². The molecule has 0 amide bonds. The molecule has 0 aliphatic heterocycles. The summed E-state index contributed by atoms with van der Waals surface area (Å²) in [7, 11) is 0. The maximum atomic E-state index is 6.43. The Morgan fingerprint density at radius 2 is 2.05 bits per heavy atom. The van der Waals surface area contributed by atoms with Crippen molar-refractivity contribution in [3.8, 4) is 5.69 Å². The number of rotatable bonds is 5. The highest BCUT2D eigenvalue weighted by atomic mass is 35.5. The molecule has 3 nitrogen and oxygen atoms in total. The lowest BCUT2D eigenvalue weighted by atomic mass is 10.1. The van der Waals surface area contributed by atoms with Crippen LogP contribution in [0.5, 0.6) is 0 Å². The van der Waals surface area contributed by atoms with Crippen molar-refractivity contribution in [1.29, 1.82) is 0 Å². The van der Waals surface area contributed by atoms with Gasteiger partial charge in [0.05, 0.1) is 16.4 Å². The maximum absolute atomic E-state index is 6.43. The number of aryl methyl sites for hydroxylation is 2. The van der Waals surface area contributed by atoms with Crippen LogP contribution >= 0.6 is 11.6 Å². The molecule has 1 aromatic heterocycles. The lowest BCUT2D eigenvalue weighted by molar-refractivity contribution is 0.719. The number of hydrogen-bond acceptors (Lipinski definition) is 2. The van der Waals surface area contributed by atoms with E-state index in [9.17, 15) is 0 Å². The molecule has 1 unspecified atom stereocenters. The van der Waals surface area contributed by atoms with Gasteiger partial charge < -0.3 is 5.73 Å². The smallest absolute Gasteiger partial charge is 0.0867 e. The number of halogens is 1. The zero-order valence-corrected chi connectivity index (χ0v) is 13.1. The third-order valence-corrected chi connectivity index (χ3v) is 3.69. The van der Waals surface area contributed by atoms with Crippen LogP contribution in [0.25, 0.3) is 5.69 Å². The number of para-hydroxylation sites is 1. The molecule has 2 aromatic rings. The van der Waals surface area contributed by atoms with E-state index in [0.717, 1.165) is 41.2 Å². The Labute approximate surface area is 125 Å². The molecule has 20 heavy (non-hydrogen) atoms. The molecule has 0 saturated carbocycles. The van der Waals surface area contributed by atoms with Gasteiger partial charge in [0, 0.05) is 11.7 Å². The van der Waals surface area contributed by atoms with Gasteiger partial charge in [-0.15, -0.1) is 0 Å². The Balaban J connectivity index is 2.58. The van der Waals surface area contributed by atoms with Crippen LogP contribution in [0.1, 0.15) is 37.7 Å². The summed E-state index contributed by atoms with van der Waals surface area (Å²) in [5.41, 5.74) is 10.3. The van der Waals surface area contributed by atoms with Gasteiger partial charge in [0.1, 0.15) is 0 Å². The summed E-state index contributed by atoms with van der Waals surface area (Å²) in [5.74, 6) is 0. The third kappa shape index (κ3) is 3.05. The fraction of sp³-hybridized carbons (Fsp3) is 0.438. The summed E-state index contributed by atoms with van der Waals surface area (Å²) < 4.78 is 1.98. The van der Waals surface area contributed by atoms with Crippen LogP contribution in [-0.4, -0.2) is 15.8 Å². The highest BCUT2D eigenvalue weighted by Crippen LogP contribution is 2.27. The van der Waals surface area contributed by atoms with Crippen LogP contribution in [0.2, 0.25) is 5.02 Å². The molecule has 2 N–H and O–H groups in total. The zero-order valence-electron chi connectivity index (χ0n) is 12.4. The number of aromatic nitrogens is 2. The molecule has 0 saturated heterocycles. The summed E-state index contributed by atoms with van der Waals surface area (Å²) in [5, 5.41) is 5.42. The van der Waals surface area contributed by atoms with E-state index in [-0.39, 0.29) is 6.04 Å². The Kier molecular flexibility index (Phi) is 4.84. The van der Waals surface area contributed by atoms with Gasteiger partial charge in [-0.25, -0.2) is 4.68 Å². The number of hydrogen-bond donors (Lipinski definition) is 1. The molecule has 0 aliphatic rings. The summed E-state index contributed by atoms with van der Waals surface area (Å²) in [6, 6.07) is 8.21. The van der Waals surface area contributed by atoms with Gasteiger partial charge in [0.15, 0.2) is 0 Å². The van der Waals surface area contributed by atoms with Crippen LogP contribution in [0.4, 0.5) is 0 Å². The predicted molar refractivity (Wildman–Crippen MR) is 84.7 cm³/mol. The predicted octanol–water partition coefficient (Wildman–Crippen LogP) is 3.54. The molecule has 0 spiro atoms. The van der Waals surface area contributed by atoms with Crippen LogP contribution in [0, 0.1) is 0 Å². The zero-order chi connectivity index (χ0) is 14.7. The molecule has 1 aromatic carbocycles. The second-order valence-corrected chi connectivity index (χ2v) is 5.58. The molecular weight excluding hydrogens is 270 g/mol. The summed E-state index contributed by atoms with van der Waals surface area (Å²) in [4.78, 5) is 0. The van der Waals surface area contributed by atoms with Crippen molar-refractivity contribution < 1.29 is 0 Å². The average Bonchev–Trinajstić information content (AvgIpc) is 2.81. The molecular formula is C16H22ClN3. The van der Waals surface area contributed by atoms with Crippen LogP contribution in [-0.2, 0) is 19.3 Å². The topological polar surface area (TPSA) is 43.8 Å². The normalized spacial score (nSPS) is 12.7. The van der Waals surface area contributed by atoms with Gasteiger partial charge in [-0.2, -0.15) is 5.10 Å². The highest BCUT2D eigenvalue weighted by molar-refractivity contribution is 6.32. The molecule has 0 bridgehead atoms. The van der Waals surface area contributed by atoms with Gasteiger partial charge in [-0.05, 0) is 43.9 Å². The molecule has 2 rings (SSSR count). The van der Waals surface area contributed by atoms with E-state index in [1.54, 1.807) is 0 Å². The number of nitrogens with two attached hydrogens (primary N) is 1. The lowest BCUT2D eigenvalue weighted by Crippen LogP contribution is -2.19. The number of nitrogens with zero attached hydrogens (tertiary/aromatic N) is 2. The van der Waals surface area contributed by atoms with Crippen LogP contribution < -0.4 is 5.73 Å². The minimum Gasteiger partial charge on any atom is -0.328 e. The van der Waals surface area contributed by atoms with E-state index in [0.29, 0.717) is 0 Å². The van der Waals surface area contributed by atoms with Gasteiger partial charge in [0.2, 0.25) is 0 Å². The molecule has 1 atom stereocenters. The van der Waals surface area contributed by atoms with Crippen molar-refractivity contribution in [3.05, 3.63) is 46.2 Å². The highest BCUT2D eigenvalue weighted by Gasteiger charge is 2.15. The van der Waals surface area contributed by atoms with E-state index >= 15 is 0 Å². The lowest BCUT2D eigenvalue weighted by Gasteiger charge is -2.15. The second-order valence-electron chi connectivity index (χ2n) is 5.17. The average molecular weight is 292 g/mol. The molecule has 4 heteroatoms. The standard InChI is InChI=1S/C16H22ClN3/c1-4-13-10-14(5-2)20(19-13)16-12(9-11(3)18)7-6-8-15(16)17/h6-8,10-11H,4-5,9,18H2,1-3H3. The van der Waals surface area contributed by atoms with Gasteiger partial charge in [-0.3, -0.25) is 0 Å². The first-order chi connectivity index (χ1) is 9.56. The first-order valence-corrected chi connectivity index (χ1v) is 7.55.